The summed E-state index contributed by atoms with van der Waals surface area (Å²) in [5.41, 5.74) is -0.152. The Morgan fingerprint density at radius 2 is 1.94 bits per heavy atom. The molecule has 0 aromatic rings. The van der Waals surface area contributed by atoms with Crippen molar-refractivity contribution in [2.45, 2.75) is 71.9 Å². The van der Waals surface area contributed by atoms with Crippen LogP contribution in [0.15, 0.2) is 0 Å². The van der Waals surface area contributed by atoms with Crippen molar-refractivity contribution in [2.24, 2.45) is 5.92 Å². The van der Waals surface area contributed by atoms with Crippen LogP contribution in [0.1, 0.15) is 60.3 Å². The first-order chi connectivity index (χ1) is 8.43. The molecule has 0 radical (unpaired) electrons. The van der Waals surface area contributed by atoms with Gasteiger partial charge in [-0.2, -0.15) is 0 Å². The zero-order valence-electron chi connectivity index (χ0n) is 13.0. The summed E-state index contributed by atoms with van der Waals surface area (Å²) >= 11 is 0. The smallest absolute Gasteiger partial charge is 0.0610 e. The molecule has 2 unspecified atom stereocenters. The lowest BCUT2D eigenvalue weighted by Crippen LogP contribution is -2.46. The van der Waals surface area contributed by atoms with E-state index in [1.807, 2.05) is 0 Å². The Kier molecular flexibility index (Phi) is 9.70. The molecule has 0 spiro atoms. The molecule has 0 aromatic carbocycles. The molecule has 2 N–H and O–H groups in total. The lowest BCUT2D eigenvalue weighted by Gasteiger charge is -2.29. The molecule has 0 amide bonds. The zero-order chi connectivity index (χ0) is 14.0. The number of nitrogens with one attached hydrogen (secondary N) is 1. The van der Waals surface area contributed by atoms with Crippen LogP contribution in [0, 0.1) is 5.92 Å². The number of rotatable bonds is 11. The summed E-state index contributed by atoms with van der Waals surface area (Å²) in [4.78, 5) is 0. The normalized spacial score (nSPS) is 16.8. The zero-order valence-corrected chi connectivity index (χ0v) is 13.0. The topological polar surface area (TPSA) is 41.5 Å². The van der Waals surface area contributed by atoms with Crippen molar-refractivity contribution >= 4 is 0 Å². The van der Waals surface area contributed by atoms with Gasteiger partial charge in [-0.05, 0) is 52.0 Å². The Labute approximate surface area is 113 Å². The van der Waals surface area contributed by atoms with Crippen LogP contribution in [-0.2, 0) is 4.74 Å². The highest BCUT2D eigenvalue weighted by Crippen LogP contribution is 2.13. The van der Waals surface area contributed by atoms with Crippen molar-refractivity contribution in [3.8, 4) is 0 Å². The molecule has 0 bridgehead atoms. The minimum atomic E-state index is -0.152. The van der Waals surface area contributed by atoms with Gasteiger partial charge in [0.05, 0.1) is 12.7 Å². The molecule has 0 heterocycles. The van der Waals surface area contributed by atoms with E-state index in [1.165, 1.54) is 0 Å². The second-order valence-electron chi connectivity index (χ2n) is 6.06. The van der Waals surface area contributed by atoms with Crippen LogP contribution in [0.4, 0.5) is 0 Å². The fourth-order valence-corrected chi connectivity index (χ4v) is 2.13. The van der Waals surface area contributed by atoms with Crippen LogP contribution >= 0.6 is 0 Å². The molecular formula is C15H33NO2. The van der Waals surface area contributed by atoms with E-state index in [4.69, 9.17) is 4.74 Å². The number of hydrogen-bond acceptors (Lipinski definition) is 3. The van der Waals surface area contributed by atoms with Crippen LogP contribution in [0.5, 0.6) is 0 Å². The minimum Gasteiger partial charge on any atom is -0.394 e. The van der Waals surface area contributed by atoms with E-state index in [0.29, 0.717) is 12.0 Å². The fraction of sp³-hybridized carbons (Fsp3) is 1.00. The van der Waals surface area contributed by atoms with E-state index in [9.17, 15) is 5.11 Å². The maximum Gasteiger partial charge on any atom is 0.0610 e. The number of ether oxygens (including phenoxy) is 1. The maximum atomic E-state index is 9.44. The first-order valence-electron chi connectivity index (χ1n) is 7.41. The molecule has 0 fully saturated rings. The van der Waals surface area contributed by atoms with Gasteiger partial charge < -0.3 is 15.2 Å². The van der Waals surface area contributed by atoms with Gasteiger partial charge in [-0.3, -0.25) is 0 Å². The molecular weight excluding hydrogens is 226 g/mol. The lowest BCUT2D eigenvalue weighted by molar-refractivity contribution is 0.0434. The molecule has 2 atom stereocenters. The molecule has 110 valence electrons. The SMILES string of the molecule is CCCNC(C)(CO)CCCOC(C)CC(C)C. The molecule has 0 saturated heterocycles. The number of aliphatic hydroxyl groups is 1. The van der Waals surface area contributed by atoms with Gasteiger partial charge in [0, 0.05) is 12.1 Å². The molecule has 18 heavy (non-hydrogen) atoms. The molecule has 3 heteroatoms. The summed E-state index contributed by atoms with van der Waals surface area (Å²) < 4.78 is 5.79. The highest BCUT2D eigenvalue weighted by molar-refractivity contribution is 4.81. The van der Waals surface area contributed by atoms with E-state index in [1.54, 1.807) is 0 Å². The quantitative estimate of drug-likeness (QED) is 0.561. The summed E-state index contributed by atoms with van der Waals surface area (Å²) in [7, 11) is 0. The van der Waals surface area contributed by atoms with Crippen molar-refractivity contribution in [1.82, 2.24) is 5.32 Å². The third kappa shape index (κ3) is 8.90. The van der Waals surface area contributed by atoms with Crippen molar-refractivity contribution in [2.75, 3.05) is 19.8 Å². The van der Waals surface area contributed by atoms with Gasteiger partial charge in [0.15, 0.2) is 0 Å². The summed E-state index contributed by atoms with van der Waals surface area (Å²) in [5.74, 6) is 0.689. The van der Waals surface area contributed by atoms with Gasteiger partial charge in [-0.1, -0.05) is 20.8 Å². The standard InChI is InChI=1S/C15H33NO2/c1-6-9-16-15(5,12-17)8-7-10-18-14(4)11-13(2)3/h13-14,16-17H,6-12H2,1-5H3. The Morgan fingerprint density at radius 3 is 2.44 bits per heavy atom. The third-order valence-corrected chi connectivity index (χ3v) is 3.23. The van der Waals surface area contributed by atoms with Crippen LogP contribution in [0.25, 0.3) is 0 Å². The van der Waals surface area contributed by atoms with E-state index in [-0.39, 0.29) is 12.1 Å². The van der Waals surface area contributed by atoms with E-state index < -0.39 is 0 Å². The summed E-state index contributed by atoms with van der Waals surface area (Å²) in [6, 6.07) is 0. The van der Waals surface area contributed by atoms with E-state index >= 15 is 0 Å². The monoisotopic (exact) mass is 259 g/mol. The summed E-state index contributed by atoms with van der Waals surface area (Å²) in [5, 5.41) is 12.8. The van der Waals surface area contributed by atoms with Crippen LogP contribution in [0.3, 0.4) is 0 Å². The average Bonchev–Trinajstić information content (AvgIpc) is 2.31. The molecule has 0 rings (SSSR count). The molecule has 0 aliphatic rings. The van der Waals surface area contributed by atoms with E-state index in [0.717, 1.165) is 38.8 Å². The highest BCUT2D eigenvalue weighted by atomic mass is 16.5. The van der Waals surface area contributed by atoms with Gasteiger partial charge in [0.1, 0.15) is 0 Å². The lowest BCUT2D eigenvalue weighted by atomic mass is 9.97. The predicted molar refractivity (Wildman–Crippen MR) is 77.9 cm³/mol. The van der Waals surface area contributed by atoms with Crippen LogP contribution in [-0.4, -0.2) is 36.5 Å². The van der Waals surface area contributed by atoms with Crippen molar-refractivity contribution < 1.29 is 9.84 Å². The number of aliphatic hydroxyl groups excluding tert-OH is 1. The minimum absolute atomic E-state index is 0.152. The fourth-order valence-electron chi connectivity index (χ4n) is 2.13. The average molecular weight is 259 g/mol. The van der Waals surface area contributed by atoms with Crippen LogP contribution < -0.4 is 5.32 Å². The Hall–Kier alpha value is -0.120. The van der Waals surface area contributed by atoms with Gasteiger partial charge in [-0.25, -0.2) is 0 Å². The van der Waals surface area contributed by atoms with Crippen LogP contribution in [0.2, 0.25) is 0 Å². The highest BCUT2D eigenvalue weighted by Gasteiger charge is 2.21. The summed E-state index contributed by atoms with van der Waals surface area (Å²) in [6.07, 6.45) is 4.51. The molecule has 3 nitrogen and oxygen atoms in total. The van der Waals surface area contributed by atoms with Crippen molar-refractivity contribution in [3.63, 3.8) is 0 Å². The van der Waals surface area contributed by atoms with Gasteiger partial charge in [-0.15, -0.1) is 0 Å². The van der Waals surface area contributed by atoms with Crippen molar-refractivity contribution in [3.05, 3.63) is 0 Å². The largest absolute Gasteiger partial charge is 0.394 e. The second kappa shape index (κ2) is 9.76. The Morgan fingerprint density at radius 1 is 1.28 bits per heavy atom. The Balaban J connectivity index is 3.73. The van der Waals surface area contributed by atoms with Gasteiger partial charge >= 0.3 is 0 Å². The summed E-state index contributed by atoms with van der Waals surface area (Å²) in [6.45, 7) is 12.7. The first-order valence-corrected chi connectivity index (χ1v) is 7.41. The van der Waals surface area contributed by atoms with Crippen molar-refractivity contribution in [1.29, 1.82) is 0 Å². The first kappa shape index (κ1) is 17.9. The van der Waals surface area contributed by atoms with Gasteiger partial charge in [0.25, 0.3) is 0 Å². The predicted octanol–water partition coefficient (Wildman–Crippen LogP) is 2.97. The Bertz CT molecular complexity index is 197. The van der Waals surface area contributed by atoms with Gasteiger partial charge in [0.2, 0.25) is 0 Å². The number of hydrogen-bond donors (Lipinski definition) is 2. The molecule has 0 aromatic heterocycles. The molecule has 0 aliphatic carbocycles. The maximum absolute atomic E-state index is 9.44. The second-order valence-corrected chi connectivity index (χ2v) is 6.06. The van der Waals surface area contributed by atoms with E-state index in [2.05, 4.69) is 39.9 Å². The third-order valence-electron chi connectivity index (χ3n) is 3.23. The molecule has 0 saturated carbocycles. The molecule has 0 aliphatic heterocycles.